The Hall–Kier alpha value is -5.84. The Morgan fingerprint density at radius 2 is 0.949 bits per heavy atom. The van der Waals surface area contributed by atoms with Crippen molar-refractivity contribution in [1.29, 1.82) is 0 Å². The average molecular weight is 1890 g/mol. The summed E-state index contributed by atoms with van der Waals surface area (Å²) in [6.07, 6.45) is 52.1. The number of rotatable bonds is 29. The van der Waals surface area contributed by atoms with Crippen LogP contribution in [0.3, 0.4) is 0 Å². The maximum atomic E-state index is 13.2. The number of hydrogen-bond acceptors (Lipinski definition) is 17. The molecule has 1 N–H and O–H groups in total. The molecule has 17 aliphatic rings. The van der Waals surface area contributed by atoms with Gasteiger partial charge in [-0.25, -0.2) is 0 Å². The third-order valence-electron chi connectivity index (χ3n) is 40.9. The van der Waals surface area contributed by atoms with Crippen LogP contribution in [0, 0.1) is 139 Å². The molecule has 17 aliphatic carbocycles. The van der Waals surface area contributed by atoms with E-state index in [4.69, 9.17) is 37.9 Å². The number of aliphatic hydroxyl groups excluding tert-OH is 1. The topological polar surface area (TPSA) is 231 Å². The fourth-order valence-corrected chi connectivity index (χ4v) is 30.0. The smallest absolute Gasteiger partial charge is 0.312 e. The largest absolute Gasteiger partial charge is 0.462 e. The number of allylic oxidation sites excluding steroid dienone is 3. The van der Waals surface area contributed by atoms with Crippen LogP contribution in [0.1, 0.15) is 436 Å². The van der Waals surface area contributed by atoms with E-state index in [1.165, 1.54) is 125 Å². The lowest BCUT2D eigenvalue weighted by molar-refractivity contribution is -0.180. The fraction of sp³-hybridized carbons (Fsp3) is 0.832. The maximum absolute atomic E-state index is 13.2. The van der Waals surface area contributed by atoms with Crippen LogP contribution in [0.2, 0.25) is 0 Å². The van der Waals surface area contributed by atoms with Gasteiger partial charge in [0, 0.05) is 54.3 Å². The van der Waals surface area contributed by atoms with Crippen LogP contribution in [-0.4, -0.2) is 105 Å². The highest BCUT2D eigenvalue weighted by molar-refractivity contribution is 5.80. The molecule has 17 rings (SSSR count). The van der Waals surface area contributed by atoms with Crippen molar-refractivity contribution < 1.29 is 81.4 Å². The van der Waals surface area contributed by atoms with Crippen molar-refractivity contribution in [2.45, 2.75) is 487 Å². The minimum absolute atomic E-state index is 0.0387. The first-order valence-corrected chi connectivity index (χ1v) is 55.4. The molecule has 17 heteroatoms. The molecule has 15 fully saturated rings. The van der Waals surface area contributed by atoms with Gasteiger partial charge in [0.15, 0.2) is 0 Å². The van der Waals surface area contributed by atoms with Crippen LogP contribution in [-0.2, 0) is 76.3 Å². The van der Waals surface area contributed by atoms with E-state index in [0.29, 0.717) is 96.2 Å². The van der Waals surface area contributed by atoms with Gasteiger partial charge in [-0.05, 0) is 429 Å². The van der Waals surface area contributed by atoms with Crippen LogP contribution in [0.25, 0.3) is 0 Å². The van der Waals surface area contributed by atoms with Gasteiger partial charge in [0.2, 0.25) is 0 Å². The van der Waals surface area contributed by atoms with Gasteiger partial charge in [-0.1, -0.05) is 131 Å². The number of esters is 7. The van der Waals surface area contributed by atoms with Crippen molar-refractivity contribution >= 4 is 48.3 Å². The summed E-state index contributed by atoms with van der Waals surface area (Å²) < 4.78 is 49.0. The molecule has 0 aliphatic heterocycles. The average Bonchev–Trinajstić information content (AvgIpc) is 1.52. The van der Waals surface area contributed by atoms with Gasteiger partial charge < -0.3 is 43.0 Å². The van der Waals surface area contributed by atoms with E-state index in [1.54, 1.807) is 0 Å². The van der Waals surface area contributed by atoms with Gasteiger partial charge in [-0.2, -0.15) is 0 Å². The van der Waals surface area contributed by atoms with Crippen molar-refractivity contribution in [1.82, 2.24) is 0 Å². The number of ether oxygens (including phenoxy) is 8. The molecule has 136 heavy (non-hydrogen) atoms. The summed E-state index contributed by atoms with van der Waals surface area (Å²) >= 11 is 0. The maximum Gasteiger partial charge on any atom is 0.312 e. The van der Waals surface area contributed by atoms with Gasteiger partial charge >= 0.3 is 41.8 Å². The zero-order chi connectivity index (χ0) is 99.9. The summed E-state index contributed by atoms with van der Waals surface area (Å²) in [7, 11) is 0. The molecule has 0 radical (unpaired) electrons. The molecule has 766 valence electrons. The van der Waals surface area contributed by atoms with Gasteiger partial charge in [0.25, 0.3) is 6.47 Å². The van der Waals surface area contributed by atoms with E-state index < -0.39 is 49.7 Å². The molecule has 0 saturated heterocycles. The van der Waals surface area contributed by atoms with Gasteiger partial charge in [-0.3, -0.25) is 38.4 Å². The molecule has 0 amide bonds. The molecule has 6 bridgehead atoms. The number of carbonyl (C=O) groups excluding carboxylic acids is 8. The highest BCUT2D eigenvalue weighted by atomic mass is 16.6. The molecule has 27 unspecified atom stereocenters. The van der Waals surface area contributed by atoms with Crippen LogP contribution >= 0.6 is 0 Å². The number of hydrogen-bond donors (Lipinski definition) is 1. The monoisotopic (exact) mass is 1890 g/mol. The second-order valence-electron chi connectivity index (χ2n) is 50.7. The van der Waals surface area contributed by atoms with Crippen LogP contribution in [0.4, 0.5) is 0 Å². The highest BCUT2D eigenvalue weighted by Gasteiger charge is 2.73. The third kappa shape index (κ3) is 21.0. The predicted molar refractivity (Wildman–Crippen MR) is 539 cm³/mol. The first-order valence-electron chi connectivity index (χ1n) is 55.4. The van der Waals surface area contributed by atoms with Gasteiger partial charge in [0.1, 0.15) is 45.3 Å². The molecule has 27 atom stereocenters. The molecule has 0 spiro atoms. The van der Waals surface area contributed by atoms with Crippen molar-refractivity contribution in [3.63, 3.8) is 0 Å². The first kappa shape index (κ1) is 109. The lowest BCUT2D eigenvalue weighted by Crippen LogP contribution is -2.50. The summed E-state index contributed by atoms with van der Waals surface area (Å²) in [5.74, 6) is 9.57. The zero-order valence-electron chi connectivity index (χ0n) is 89.7. The summed E-state index contributed by atoms with van der Waals surface area (Å²) in [5.41, 5.74) is 0.917. The SMILES string of the molecule is C=C(C)C1(OC(=O)C(C)(C)CC)CC(C)C2CCCC21.C=CC1(OC(=O)C(C)(C)CC)CC2CC1C1CCCC21.C=CC1(OC(=O)C(C)(C)CC)CCC2CCCC21.CC/C(C)=C\C1(OC(=O)C(C)(C)CC)CC2(OC=O)CC1C1CCCC12.CCC(=O)OC1CC2C3CC(C2C1)C(OC(=O)C(C)(C)CC)(C1=C(C)CCC1)C3.CCC(C)(C)C(=O)OC1(C2=CCCCC2)CCC2C(O)CCC21. The molecule has 0 aromatic rings. The van der Waals surface area contributed by atoms with Crippen LogP contribution in [0.15, 0.2) is 71.9 Å². The van der Waals surface area contributed by atoms with E-state index in [0.717, 1.165) is 183 Å². The number of carbonyl (C=O) groups is 8. The van der Waals surface area contributed by atoms with E-state index in [2.05, 4.69) is 73.4 Å². The molecule has 15 saturated carbocycles. The Kier molecular flexibility index (Phi) is 34.1. The Morgan fingerprint density at radius 1 is 0.434 bits per heavy atom. The van der Waals surface area contributed by atoms with Crippen molar-refractivity contribution in [2.24, 2.45) is 139 Å². The predicted octanol–water partition coefficient (Wildman–Crippen LogP) is 28.0. The zero-order valence-corrected chi connectivity index (χ0v) is 89.7. The number of fused-ring (bicyclic) bond motifs is 18. The van der Waals surface area contributed by atoms with Crippen LogP contribution < -0.4 is 0 Å². The third-order valence-corrected chi connectivity index (χ3v) is 40.9. The molecular weight excluding hydrogens is 1700 g/mol. The minimum Gasteiger partial charge on any atom is -0.462 e. The molecule has 0 heterocycles. The normalized spacial score (nSPS) is 38.3. The van der Waals surface area contributed by atoms with Crippen molar-refractivity contribution in [2.75, 3.05) is 0 Å². The Bertz CT molecular complexity index is 4390. The lowest BCUT2D eigenvalue weighted by Gasteiger charge is -2.45. The summed E-state index contributed by atoms with van der Waals surface area (Å²) in [6, 6.07) is 0. The van der Waals surface area contributed by atoms with Gasteiger partial charge in [-0.15, -0.1) is 0 Å². The second kappa shape index (κ2) is 42.6. The van der Waals surface area contributed by atoms with Crippen molar-refractivity contribution in [3.8, 4) is 0 Å². The molecule has 0 aromatic heterocycles. The summed E-state index contributed by atoms with van der Waals surface area (Å²) in [4.78, 5) is 99.7. The summed E-state index contributed by atoms with van der Waals surface area (Å²) in [6.45, 7) is 61.5. The molecule has 17 nitrogen and oxygen atoms in total. The minimum atomic E-state index is -0.627. The summed E-state index contributed by atoms with van der Waals surface area (Å²) in [5, 5.41) is 10.3. The van der Waals surface area contributed by atoms with E-state index in [1.807, 2.05) is 137 Å². The lowest BCUT2D eigenvalue weighted by atomic mass is 9.68. The van der Waals surface area contributed by atoms with E-state index >= 15 is 0 Å². The highest BCUT2D eigenvalue weighted by Crippen LogP contribution is 2.71. The second-order valence-corrected chi connectivity index (χ2v) is 50.7. The van der Waals surface area contributed by atoms with E-state index in [9.17, 15) is 43.5 Å². The Balaban J connectivity index is 0.000000148. The van der Waals surface area contributed by atoms with Crippen LogP contribution in [0.5, 0.6) is 0 Å². The Labute approximate surface area is 823 Å². The quantitative estimate of drug-likeness (QED) is 0.0317. The molecule has 0 aromatic carbocycles. The van der Waals surface area contributed by atoms with Gasteiger partial charge in [0.05, 0.1) is 38.6 Å². The number of aliphatic hydroxyl groups is 1. The first-order chi connectivity index (χ1) is 64.0. The fourth-order valence-electron chi connectivity index (χ4n) is 30.0. The Morgan fingerprint density at radius 3 is 1.50 bits per heavy atom. The van der Waals surface area contributed by atoms with E-state index in [-0.39, 0.29) is 81.9 Å². The van der Waals surface area contributed by atoms with Crippen molar-refractivity contribution in [3.05, 3.63) is 71.9 Å². The molecular formula is C119H188O17. The standard InChI is InChI=1S/C25H38O4.C22H34O4.C20H32O3.C18H28O2.C18H30O2.C16H26O2/c1-6-22(26)28-17-12-18-16-11-21(19(18)13-17)25(14-16,20-10-8-9-15(20)3)29-23(27)24(4,5)7-2;1-6-15(3)11-22(26-19(24)20(4,5)7-2)13-21(25-14-23)12-18(22)16-9-8-10-17(16)21;1-4-19(2,3)18(22)23-20(14-8-6-5-7-9-14)13-12-15-16(20)10-11-17(15)21;1-5-17(3,4)16(19)20-18(6-2)11-12-10-15(18)14-9-7-8-13(12)14;1-7-17(5,6)16(19)20-18(12(2)3)11-13(4)14-9-8-10-15(14)18;1-5-15(3,4)14(17)18-16(6-2)11-10-12-8-7-9-13(12)16/h16-19,21H,6-14H2,1-5H3;11,14,16-18H,6-10,12-13H2,1-5H3;8,15-17,21H,4-7,9-13H2,1-3H3;6,12-15H,2,5,7-11H2,1,3-4H3;13-15H,2,7-11H2,1,3-6H3;6,12-13H,2,5,7-11H2,1,3-4H3/b;15-11-;;;;.